The zero-order chi connectivity index (χ0) is 27.2. The van der Waals surface area contributed by atoms with Crippen LogP contribution in [0.4, 0.5) is 0 Å². The van der Waals surface area contributed by atoms with Crippen LogP contribution in [0.3, 0.4) is 0 Å². The SMILES string of the molecule is CCOC(=O)C1=C(C)N(Cc2cccc(C(=O)NC(C)c3ccccc3)c2)C(=O)CC1c1ccc(C)cc1. The molecule has 196 valence electrons. The third-order valence-corrected chi connectivity index (χ3v) is 6.98. The second kappa shape index (κ2) is 11.9. The summed E-state index contributed by atoms with van der Waals surface area (Å²) in [7, 11) is 0. The minimum Gasteiger partial charge on any atom is -0.463 e. The molecule has 0 bridgehead atoms. The normalized spacial score (nSPS) is 16.3. The van der Waals surface area contributed by atoms with Crippen molar-refractivity contribution >= 4 is 17.8 Å². The van der Waals surface area contributed by atoms with E-state index in [2.05, 4.69) is 5.32 Å². The van der Waals surface area contributed by atoms with Gasteiger partial charge in [0, 0.05) is 23.6 Å². The fourth-order valence-electron chi connectivity index (χ4n) is 4.86. The number of hydrogen-bond donors (Lipinski definition) is 1. The van der Waals surface area contributed by atoms with Crippen LogP contribution in [0.1, 0.15) is 71.8 Å². The molecule has 0 saturated heterocycles. The van der Waals surface area contributed by atoms with Gasteiger partial charge in [-0.3, -0.25) is 9.59 Å². The lowest BCUT2D eigenvalue weighted by Gasteiger charge is -2.34. The van der Waals surface area contributed by atoms with E-state index in [1.165, 1.54) is 0 Å². The number of hydrogen-bond acceptors (Lipinski definition) is 4. The third-order valence-electron chi connectivity index (χ3n) is 6.98. The highest BCUT2D eigenvalue weighted by atomic mass is 16.5. The van der Waals surface area contributed by atoms with Gasteiger partial charge in [0.05, 0.1) is 24.8 Å². The molecule has 0 fully saturated rings. The van der Waals surface area contributed by atoms with Crippen molar-refractivity contribution in [1.82, 2.24) is 10.2 Å². The van der Waals surface area contributed by atoms with Gasteiger partial charge >= 0.3 is 5.97 Å². The molecule has 1 N–H and O–H groups in total. The van der Waals surface area contributed by atoms with Crippen LogP contribution in [-0.4, -0.2) is 29.3 Å². The van der Waals surface area contributed by atoms with Gasteiger partial charge in [-0.25, -0.2) is 4.79 Å². The van der Waals surface area contributed by atoms with Crippen molar-refractivity contribution in [1.29, 1.82) is 0 Å². The van der Waals surface area contributed by atoms with Crippen molar-refractivity contribution < 1.29 is 19.1 Å². The van der Waals surface area contributed by atoms with Gasteiger partial charge in [-0.1, -0.05) is 72.3 Å². The Labute approximate surface area is 224 Å². The Morgan fingerprint density at radius 3 is 2.39 bits per heavy atom. The summed E-state index contributed by atoms with van der Waals surface area (Å²) in [5.74, 6) is -1.04. The summed E-state index contributed by atoms with van der Waals surface area (Å²) in [6.45, 7) is 8.02. The Morgan fingerprint density at radius 1 is 1.00 bits per heavy atom. The Bertz CT molecular complexity index is 1350. The van der Waals surface area contributed by atoms with Gasteiger partial charge in [0.15, 0.2) is 0 Å². The second-order valence-electron chi connectivity index (χ2n) is 9.67. The van der Waals surface area contributed by atoms with E-state index in [1.54, 1.807) is 30.9 Å². The number of amides is 2. The smallest absolute Gasteiger partial charge is 0.336 e. The number of carbonyl (C=O) groups is 3. The number of allylic oxidation sites excluding steroid dienone is 1. The van der Waals surface area contributed by atoms with Gasteiger partial charge in [0.25, 0.3) is 5.91 Å². The summed E-state index contributed by atoms with van der Waals surface area (Å²) in [5, 5.41) is 3.03. The minimum atomic E-state index is -0.406. The van der Waals surface area contributed by atoms with Gasteiger partial charge in [-0.05, 0) is 56.5 Å². The van der Waals surface area contributed by atoms with Crippen LogP contribution in [0.2, 0.25) is 0 Å². The molecule has 4 rings (SSSR count). The highest BCUT2D eigenvalue weighted by molar-refractivity contribution is 5.96. The van der Waals surface area contributed by atoms with E-state index in [1.807, 2.05) is 80.6 Å². The first-order chi connectivity index (χ1) is 18.3. The average Bonchev–Trinajstić information content (AvgIpc) is 2.92. The molecule has 1 heterocycles. The maximum atomic E-state index is 13.4. The van der Waals surface area contributed by atoms with Gasteiger partial charge in [0.2, 0.25) is 5.91 Å². The zero-order valence-corrected chi connectivity index (χ0v) is 22.4. The maximum absolute atomic E-state index is 13.4. The molecule has 38 heavy (non-hydrogen) atoms. The van der Waals surface area contributed by atoms with Crippen LogP contribution in [-0.2, 0) is 20.9 Å². The molecular formula is C32H34N2O4. The number of aryl methyl sites for hydroxylation is 1. The van der Waals surface area contributed by atoms with Crippen LogP contribution in [0.25, 0.3) is 0 Å². The molecule has 0 saturated carbocycles. The van der Waals surface area contributed by atoms with Crippen molar-refractivity contribution in [3.05, 3.63) is 118 Å². The molecule has 6 heteroatoms. The van der Waals surface area contributed by atoms with Gasteiger partial charge in [-0.15, -0.1) is 0 Å². The van der Waals surface area contributed by atoms with Crippen LogP contribution in [0.5, 0.6) is 0 Å². The van der Waals surface area contributed by atoms with Crippen molar-refractivity contribution in [3.63, 3.8) is 0 Å². The average molecular weight is 511 g/mol. The summed E-state index contributed by atoms with van der Waals surface area (Å²) in [6.07, 6.45) is 0.170. The van der Waals surface area contributed by atoms with Gasteiger partial charge in [-0.2, -0.15) is 0 Å². The van der Waals surface area contributed by atoms with Crippen molar-refractivity contribution in [2.75, 3.05) is 6.61 Å². The summed E-state index contributed by atoms with van der Waals surface area (Å²) in [4.78, 5) is 41.0. The molecule has 6 nitrogen and oxygen atoms in total. The molecule has 0 radical (unpaired) electrons. The van der Waals surface area contributed by atoms with Crippen molar-refractivity contribution in [3.8, 4) is 0 Å². The molecule has 1 aliphatic rings. The molecular weight excluding hydrogens is 476 g/mol. The van der Waals surface area contributed by atoms with Gasteiger partial charge < -0.3 is 15.0 Å². The molecule has 3 aromatic carbocycles. The number of carbonyl (C=O) groups excluding carboxylic acids is 3. The van der Waals surface area contributed by atoms with E-state index >= 15 is 0 Å². The lowest BCUT2D eigenvalue weighted by molar-refractivity contribution is -0.140. The van der Waals surface area contributed by atoms with E-state index in [0.717, 1.165) is 22.3 Å². The van der Waals surface area contributed by atoms with Crippen LogP contribution < -0.4 is 5.32 Å². The molecule has 2 unspecified atom stereocenters. The summed E-state index contributed by atoms with van der Waals surface area (Å²) >= 11 is 0. The Balaban J connectivity index is 1.58. The highest BCUT2D eigenvalue weighted by Gasteiger charge is 2.36. The van der Waals surface area contributed by atoms with E-state index in [-0.39, 0.29) is 43.3 Å². The standard InChI is InChI=1S/C32H34N2O4/c1-5-38-32(37)30-23(4)34(29(35)19-28(30)26-16-14-21(2)15-17-26)20-24-10-9-13-27(18-24)31(36)33-22(3)25-11-7-6-8-12-25/h6-18,22,28H,5,19-20H2,1-4H3,(H,33,36). The Kier molecular flexibility index (Phi) is 8.41. The molecule has 0 aliphatic carbocycles. The molecule has 3 aromatic rings. The van der Waals surface area contributed by atoms with E-state index in [0.29, 0.717) is 16.8 Å². The number of rotatable bonds is 8. The monoisotopic (exact) mass is 510 g/mol. The second-order valence-corrected chi connectivity index (χ2v) is 9.67. The molecule has 1 aliphatic heterocycles. The van der Waals surface area contributed by atoms with Crippen LogP contribution in [0, 0.1) is 6.92 Å². The fraction of sp³-hybridized carbons (Fsp3) is 0.281. The first-order valence-electron chi connectivity index (χ1n) is 13.0. The zero-order valence-electron chi connectivity index (χ0n) is 22.4. The molecule has 2 amide bonds. The van der Waals surface area contributed by atoms with Crippen LogP contribution >= 0.6 is 0 Å². The van der Waals surface area contributed by atoms with Crippen molar-refractivity contribution in [2.24, 2.45) is 0 Å². The summed E-state index contributed by atoms with van der Waals surface area (Å²) in [5.41, 5.74) is 5.44. The molecule has 2 atom stereocenters. The molecule has 0 spiro atoms. The van der Waals surface area contributed by atoms with Crippen LogP contribution in [0.15, 0.2) is 90.1 Å². The Hall–Kier alpha value is -4.19. The lowest BCUT2D eigenvalue weighted by Crippen LogP contribution is -2.38. The molecule has 0 aromatic heterocycles. The number of esters is 1. The van der Waals surface area contributed by atoms with E-state index < -0.39 is 5.97 Å². The quantitative estimate of drug-likeness (QED) is 0.387. The lowest BCUT2D eigenvalue weighted by atomic mass is 9.83. The first-order valence-corrected chi connectivity index (χ1v) is 13.0. The Morgan fingerprint density at radius 2 is 1.71 bits per heavy atom. The summed E-state index contributed by atoms with van der Waals surface area (Å²) in [6, 6.07) is 24.8. The number of nitrogens with one attached hydrogen (secondary N) is 1. The predicted octanol–water partition coefficient (Wildman–Crippen LogP) is 5.84. The summed E-state index contributed by atoms with van der Waals surface area (Å²) < 4.78 is 5.40. The number of ether oxygens (including phenoxy) is 1. The number of nitrogens with zero attached hydrogens (tertiary/aromatic N) is 1. The number of benzene rings is 3. The minimum absolute atomic E-state index is 0.0753. The topological polar surface area (TPSA) is 75.7 Å². The first kappa shape index (κ1) is 26.9. The predicted molar refractivity (Wildman–Crippen MR) is 147 cm³/mol. The van der Waals surface area contributed by atoms with Gasteiger partial charge in [0.1, 0.15) is 0 Å². The van der Waals surface area contributed by atoms with Crippen molar-refractivity contribution in [2.45, 2.75) is 52.6 Å². The van der Waals surface area contributed by atoms with E-state index in [4.69, 9.17) is 4.74 Å². The fourth-order valence-corrected chi connectivity index (χ4v) is 4.86. The largest absolute Gasteiger partial charge is 0.463 e. The highest BCUT2D eigenvalue weighted by Crippen LogP contribution is 2.37. The van der Waals surface area contributed by atoms with E-state index in [9.17, 15) is 14.4 Å². The maximum Gasteiger partial charge on any atom is 0.336 e. The third kappa shape index (κ3) is 6.02.